The highest BCUT2D eigenvalue weighted by atomic mass is 16.3. The second-order valence-electron chi connectivity index (χ2n) is 9.98. The molecule has 2 aliphatic rings. The van der Waals surface area contributed by atoms with Gasteiger partial charge in [0, 0.05) is 34.8 Å². The molecular weight excluding hydrogens is 436 g/mol. The second-order valence-corrected chi connectivity index (χ2v) is 9.98. The van der Waals surface area contributed by atoms with E-state index in [1.807, 2.05) is 60.7 Å². The predicted molar refractivity (Wildman–Crippen MR) is 140 cm³/mol. The number of nitrogens with zero attached hydrogens (tertiary/aromatic N) is 1. The minimum absolute atomic E-state index is 0.0807. The molecule has 180 valence electrons. The summed E-state index contributed by atoms with van der Waals surface area (Å²) in [6, 6.07) is 19.0. The van der Waals surface area contributed by atoms with E-state index in [9.17, 15) is 9.59 Å². The van der Waals surface area contributed by atoms with Crippen LogP contribution in [0.25, 0.3) is 23.0 Å². The van der Waals surface area contributed by atoms with Crippen molar-refractivity contribution >= 4 is 29.0 Å². The summed E-state index contributed by atoms with van der Waals surface area (Å²) in [6.07, 6.45) is 4.13. The molecule has 2 aromatic carbocycles. The Morgan fingerprint density at radius 2 is 1.80 bits per heavy atom. The number of carbonyl (C=O) groups excluding carboxylic acids is 2. The second kappa shape index (κ2) is 9.67. The van der Waals surface area contributed by atoms with Crippen molar-refractivity contribution in [3.63, 3.8) is 0 Å². The average molecular weight is 469 g/mol. The van der Waals surface area contributed by atoms with Gasteiger partial charge in [-0.1, -0.05) is 56.3 Å². The van der Waals surface area contributed by atoms with Crippen molar-refractivity contribution in [1.29, 1.82) is 0 Å². The van der Waals surface area contributed by atoms with Crippen molar-refractivity contribution in [1.82, 2.24) is 4.90 Å². The molecule has 3 heterocycles. The van der Waals surface area contributed by atoms with Crippen LogP contribution in [0.4, 0.5) is 5.69 Å². The van der Waals surface area contributed by atoms with E-state index in [-0.39, 0.29) is 17.6 Å². The maximum atomic E-state index is 13.7. The number of rotatable bonds is 6. The third-order valence-electron chi connectivity index (χ3n) is 7.69. The fourth-order valence-corrected chi connectivity index (χ4v) is 5.44. The zero-order valence-electron chi connectivity index (χ0n) is 20.6. The lowest BCUT2D eigenvalue weighted by molar-refractivity contribution is -0.110. The SMILES string of the molecule is CC(C(=O)c1ccccc1-c1ccc(C=C2C(=O)Nc3ccccc32)o1)C(C)C1CCCN(C)C1. The Hall–Kier alpha value is -3.44. The first kappa shape index (κ1) is 23.3. The van der Waals surface area contributed by atoms with Crippen LogP contribution >= 0.6 is 0 Å². The maximum Gasteiger partial charge on any atom is 0.256 e. The number of hydrogen-bond donors (Lipinski definition) is 1. The van der Waals surface area contributed by atoms with Gasteiger partial charge in [0.25, 0.3) is 5.91 Å². The number of Topliss-reactive ketones (excluding diaryl/α,β-unsaturated/α-hetero) is 1. The molecule has 3 atom stereocenters. The molecule has 5 nitrogen and oxygen atoms in total. The summed E-state index contributed by atoms with van der Waals surface area (Å²) in [5.41, 5.74) is 3.72. The number of furan rings is 1. The first-order chi connectivity index (χ1) is 16.9. The molecule has 0 spiro atoms. The molecule has 5 heteroatoms. The lowest BCUT2D eigenvalue weighted by atomic mass is 9.76. The van der Waals surface area contributed by atoms with Gasteiger partial charge in [-0.2, -0.15) is 0 Å². The van der Waals surface area contributed by atoms with Crippen molar-refractivity contribution in [3.8, 4) is 11.3 Å². The number of carbonyl (C=O) groups is 2. The first-order valence-corrected chi connectivity index (χ1v) is 12.5. The number of benzene rings is 2. The molecule has 3 unspecified atom stereocenters. The molecule has 0 radical (unpaired) electrons. The topological polar surface area (TPSA) is 62.6 Å². The molecule has 1 saturated heterocycles. The van der Waals surface area contributed by atoms with Gasteiger partial charge in [-0.05, 0) is 62.5 Å². The van der Waals surface area contributed by atoms with E-state index in [1.165, 1.54) is 12.8 Å². The molecule has 1 amide bonds. The van der Waals surface area contributed by atoms with Gasteiger partial charge >= 0.3 is 0 Å². The van der Waals surface area contributed by atoms with Crippen molar-refractivity contribution < 1.29 is 14.0 Å². The maximum absolute atomic E-state index is 13.7. The molecule has 2 aliphatic heterocycles. The average Bonchev–Trinajstić information content (AvgIpc) is 3.47. The van der Waals surface area contributed by atoms with E-state index < -0.39 is 0 Å². The van der Waals surface area contributed by atoms with Crippen LogP contribution < -0.4 is 5.32 Å². The monoisotopic (exact) mass is 468 g/mol. The van der Waals surface area contributed by atoms with Crippen LogP contribution in [0.1, 0.15) is 48.4 Å². The van der Waals surface area contributed by atoms with Crippen LogP contribution in [0.15, 0.2) is 65.1 Å². The van der Waals surface area contributed by atoms with Gasteiger partial charge in [-0.3, -0.25) is 9.59 Å². The number of para-hydroxylation sites is 1. The summed E-state index contributed by atoms with van der Waals surface area (Å²) < 4.78 is 6.14. The van der Waals surface area contributed by atoms with Gasteiger partial charge in [0.1, 0.15) is 11.5 Å². The zero-order valence-corrected chi connectivity index (χ0v) is 20.6. The zero-order chi connectivity index (χ0) is 24.5. The summed E-state index contributed by atoms with van der Waals surface area (Å²) in [7, 11) is 2.16. The lowest BCUT2D eigenvalue weighted by Gasteiger charge is -2.35. The molecule has 0 aliphatic carbocycles. The molecule has 1 aromatic heterocycles. The molecule has 35 heavy (non-hydrogen) atoms. The first-order valence-electron chi connectivity index (χ1n) is 12.5. The van der Waals surface area contributed by atoms with Crippen LogP contribution in [0, 0.1) is 17.8 Å². The van der Waals surface area contributed by atoms with E-state index in [2.05, 4.69) is 31.1 Å². The summed E-state index contributed by atoms with van der Waals surface area (Å²) >= 11 is 0. The molecule has 3 aromatic rings. The van der Waals surface area contributed by atoms with Crippen LogP contribution in [-0.4, -0.2) is 36.7 Å². The number of fused-ring (bicyclic) bond motifs is 1. The largest absolute Gasteiger partial charge is 0.457 e. The van der Waals surface area contributed by atoms with Gasteiger partial charge in [0.15, 0.2) is 5.78 Å². The third kappa shape index (κ3) is 4.61. The number of anilines is 1. The Balaban J connectivity index is 1.40. The van der Waals surface area contributed by atoms with E-state index >= 15 is 0 Å². The van der Waals surface area contributed by atoms with Crippen molar-refractivity contribution in [2.24, 2.45) is 17.8 Å². The lowest BCUT2D eigenvalue weighted by Crippen LogP contribution is -2.38. The van der Waals surface area contributed by atoms with E-state index in [0.717, 1.165) is 29.9 Å². The quantitative estimate of drug-likeness (QED) is 0.344. The number of hydrogen-bond acceptors (Lipinski definition) is 4. The van der Waals surface area contributed by atoms with Crippen LogP contribution in [0.5, 0.6) is 0 Å². The summed E-state index contributed by atoms with van der Waals surface area (Å²) in [5, 5.41) is 2.89. The molecular formula is C30H32N2O3. The van der Waals surface area contributed by atoms with Crippen molar-refractivity contribution in [2.45, 2.75) is 26.7 Å². The minimum Gasteiger partial charge on any atom is -0.457 e. The van der Waals surface area contributed by atoms with Crippen molar-refractivity contribution in [2.75, 3.05) is 25.5 Å². The standard InChI is InChI=1S/C30H32N2O3/c1-19(21-9-8-16-32(3)18-21)20(2)29(33)25-12-5-4-11-24(25)28-15-14-22(35-28)17-26-23-10-6-7-13-27(23)31-30(26)34/h4-7,10-15,17,19-21H,8-9,16,18H2,1-3H3,(H,31,34). The van der Waals surface area contributed by atoms with Gasteiger partial charge in [-0.15, -0.1) is 0 Å². The predicted octanol–water partition coefficient (Wildman–Crippen LogP) is 6.24. The van der Waals surface area contributed by atoms with Crippen LogP contribution in [0.3, 0.4) is 0 Å². The summed E-state index contributed by atoms with van der Waals surface area (Å²) in [5.74, 6) is 1.97. The van der Waals surface area contributed by atoms with Crippen LogP contribution in [-0.2, 0) is 4.79 Å². The number of nitrogens with one attached hydrogen (secondary N) is 1. The summed E-state index contributed by atoms with van der Waals surface area (Å²) in [4.78, 5) is 28.5. The number of ketones is 1. The molecule has 1 N–H and O–H groups in total. The van der Waals surface area contributed by atoms with Gasteiger partial charge < -0.3 is 14.6 Å². The highest BCUT2D eigenvalue weighted by molar-refractivity contribution is 6.34. The Morgan fingerprint density at radius 3 is 2.60 bits per heavy atom. The third-order valence-corrected chi connectivity index (χ3v) is 7.69. The van der Waals surface area contributed by atoms with Gasteiger partial charge in [0.2, 0.25) is 0 Å². The molecule has 1 fully saturated rings. The Kier molecular flexibility index (Phi) is 6.44. The van der Waals surface area contributed by atoms with E-state index in [4.69, 9.17) is 4.42 Å². The van der Waals surface area contributed by atoms with Crippen LogP contribution in [0.2, 0.25) is 0 Å². The highest BCUT2D eigenvalue weighted by Crippen LogP contribution is 2.36. The Morgan fingerprint density at radius 1 is 1.06 bits per heavy atom. The highest BCUT2D eigenvalue weighted by Gasteiger charge is 2.31. The van der Waals surface area contributed by atoms with E-state index in [0.29, 0.717) is 34.5 Å². The van der Waals surface area contributed by atoms with E-state index in [1.54, 1.807) is 6.08 Å². The fourth-order valence-electron chi connectivity index (χ4n) is 5.44. The fraction of sp³-hybridized carbons (Fsp3) is 0.333. The van der Waals surface area contributed by atoms with Gasteiger partial charge in [-0.25, -0.2) is 0 Å². The normalized spacial score (nSPS) is 20.9. The summed E-state index contributed by atoms with van der Waals surface area (Å²) in [6.45, 7) is 6.47. The molecule has 0 saturated carbocycles. The van der Waals surface area contributed by atoms with Gasteiger partial charge in [0.05, 0.1) is 5.57 Å². The Labute approximate surface area is 206 Å². The minimum atomic E-state index is -0.143. The Bertz CT molecular complexity index is 1290. The number of amides is 1. The smallest absolute Gasteiger partial charge is 0.256 e. The van der Waals surface area contributed by atoms with Crippen molar-refractivity contribution in [3.05, 3.63) is 77.6 Å². The molecule has 0 bridgehead atoms. The number of piperidine rings is 1. The number of likely N-dealkylation sites (tertiary alicyclic amines) is 1. The molecule has 5 rings (SSSR count).